The van der Waals surface area contributed by atoms with Crippen molar-refractivity contribution in [2.24, 2.45) is 0 Å². The summed E-state index contributed by atoms with van der Waals surface area (Å²) >= 11 is 1.16. The highest BCUT2D eigenvalue weighted by Gasteiger charge is 2.10. The lowest BCUT2D eigenvalue weighted by atomic mass is 10.3. The van der Waals surface area contributed by atoms with Crippen LogP contribution < -0.4 is 15.4 Å². The number of nitrogens with one attached hydrogen (secondary N) is 2. The van der Waals surface area contributed by atoms with E-state index in [-0.39, 0.29) is 12.4 Å². The summed E-state index contributed by atoms with van der Waals surface area (Å²) in [5.41, 5.74) is 0.669. The summed E-state index contributed by atoms with van der Waals surface area (Å²) in [6, 6.07) is 14.7. The molecule has 0 saturated heterocycles. The molecule has 0 atom stereocenters. The number of benzene rings is 2. The van der Waals surface area contributed by atoms with Crippen LogP contribution >= 0.6 is 11.3 Å². The summed E-state index contributed by atoms with van der Waals surface area (Å²) in [4.78, 5) is 11.9. The van der Waals surface area contributed by atoms with Gasteiger partial charge in [0, 0.05) is 5.69 Å². The molecule has 0 radical (unpaired) electrons. The molecule has 0 aliphatic heterocycles. The van der Waals surface area contributed by atoms with Gasteiger partial charge in [-0.1, -0.05) is 41.7 Å². The van der Waals surface area contributed by atoms with Gasteiger partial charge >= 0.3 is 6.03 Å². The topological polar surface area (TPSA) is 76.1 Å². The third-order valence-corrected chi connectivity index (χ3v) is 3.72. The van der Waals surface area contributed by atoms with Crippen LogP contribution in [-0.4, -0.2) is 16.2 Å². The molecule has 0 saturated carbocycles. The van der Waals surface area contributed by atoms with E-state index in [0.29, 0.717) is 15.8 Å². The van der Waals surface area contributed by atoms with Gasteiger partial charge in [0.25, 0.3) is 0 Å². The molecule has 0 aliphatic rings. The minimum Gasteiger partial charge on any atom is -0.483 e. The van der Waals surface area contributed by atoms with Crippen molar-refractivity contribution in [1.29, 1.82) is 0 Å². The lowest BCUT2D eigenvalue weighted by molar-refractivity contribution is 0.262. The highest BCUT2D eigenvalue weighted by molar-refractivity contribution is 7.15. The minimum atomic E-state index is -0.442. The Hall–Kier alpha value is -3.00. The number of hydrogen-bond acceptors (Lipinski definition) is 5. The van der Waals surface area contributed by atoms with E-state index in [0.717, 1.165) is 11.3 Å². The molecule has 0 spiro atoms. The van der Waals surface area contributed by atoms with E-state index in [9.17, 15) is 9.18 Å². The van der Waals surface area contributed by atoms with Gasteiger partial charge in [-0.05, 0) is 24.3 Å². The number of urea groups is 1. The lowest BCUT2D eigenvalue weighted by Crippen LogP contribution is -2.19. The molecule has 0 fully saturated rings. The standard InChI is InChI=1S/C16H13FN4O2S/c17-12-8-4-5-9-13(12)23-10-14-20-21-16(24-14)19-15(22)18-11-6-2-1-3-7-11/h1-9H,10H2,(H2,18,19,21,22). The van der Waals surface area contributed by atoms with Gasteiger partial charge in [0.2, 0.25) is 5.13 Å². The second kappa shape index (κ2) is 7.51. The Bertz CT molecular complexity index is 826. The molecular formula is C16H13FN4O2S. The maximum absolute atomic E-state index is 13.5. The second-order valence-electron chi connectivity index (χ2n) is 4.67. The van der Waals surface area contributed by atoms with Crippen molar-refractivity contribution in [3.8, 4) is 5.75 Å². The SMILES string of the molecule is O=C(Nc1ccccc1)Nc1nnc(COc2ccccc2F)s1. The number of anilines is 2. The number of para-hydroxylation sites is 2. The van der Waals surface area contributed by atoms with Crippen LogP contribution in [0.15, 0.2) is 54.6 Å². The largest absolute Gasteiger partial charge is 0.483 e. The zero-order valence-corrected chi connectivity index (χ0v) is 13.2. The number of rotatable bonds is 5. The summed E-state index contributed by atoms with van der Waals surface area (Å²) in [6.07, 6.45) is 0. The summed E-state index contributed by atoms with van der Waals surface area (Å²) in [5.74, 6) is -0.299. The van der Waals surface area contributed by atoms with Crippen molar-refractivity contribution in [1.82, 2.24) is 10.2 Å². The Morgan fingerprint density at radius 2 is 1.79 bits per heavy atom. The maximum Gasteiger partial charge on any atom is 0.325 e. The van der Waals surface area contributed by atoms with Crippen molar-refractivity contribution < 1.29 is 13.9 Å². The fourth-order valence-electron chi connectivity index (χ4n) is 1.84. The molecule has 2 aromatic carbocycles. The Morgan fingerprint density at radius 1 is 1.04 bits per heavy atom. The predicted molar refractivity (Wildman–Crippen MR) is 89.7 cm³/mol. The van der Waals surface area contributed by atoms with Gasteiger partial charge in [0.05, 0.1) is 0 Å². The Morgan fingerprint density at radius 3 is 2.58 bits per heavy atom. The van der Waals surface area contributed by atoms with Gasteiger partial charge in [-0.15, -0.1) is 10.2 Å². The molecule has 8 heteroatoms. The van der Waals surface area contributed by atoms with Crippen LogP contribution in [0.2, 0.25) is 0 Å². The molecule has 122 valence electrons. The Balaban J connectivity index is 1.54. The first-order valence-electron chi connectivity index (χ1n) is 7.03. The first-order chi connectivity index (χ1) is 11.7. The van der Waals surface area contributed by atoms with Crippen LogP contribution in [0.4, 0.5) is 20.0 Å². The number of carbonyl (C=O) groups excluding carboxylic acids is 1. The number of ether oxygens (including phenoxy) is 1. The van der Waals surface area contributed by atoms with E-state index in [2.05, 4.69) is 20.8 Å². The fourth-order valence-corrected chi connectivity index (χ4v) is 2.49. The van der Waals surface area contributed by atoms with Crippen molar-refractivity contribution in [3.05, 3.63) is 65.4 Å². The number of aromatic nitrogens is 2. The molecule has 0 aliphatic carbocycles. The quantitative estimate of drug-likeness (QED) is 0.736. The zero-order valence-electron chi connectivity index (χ0n) is 12.4. The molecule has 24 heavy (non-hydrogen) atoms. The molecule has 2 amide bonds. The summed E-state index contributed by atoms with van der Waals surface area (Å²) in [6.45, 7) is 0.0700. The molecule has 6 nitrogen and oxygen atoms in total. The highest BCUT2D eigenvalue weighted by atomic mass is 32.1. The molecule has 1 heterocycles. The monoisotopic (exact) mass is 344 g/mol. The van der Waals surface area contributed by atoms with Gasteiger partial charge < -0.3 is 10.1 Å². The van der Waals surface area contributed by atoms with E-state index in [1.807, 2.05) is 18.2 Å². The number of amides is 2. The van der Waals surface area contributed by atoms with Crippen molar-refractivity contribution in [2.75, 3.05) is 10.6 Å². The van der Waals surface area contributed by atoms with Crippen LogP contribution in [0.3, 0.4) is 0 Å². The van der Waals surface area contributed by atoms with Gasteiger partial charge in [0.15, 0.2) is 16.6 Å². The molecule has 0 unspecified atom stereocenters. The van der Waals surface area contributed by atoms with E-state index < -0.39 is 11.8 Å². The number of nitrogens with zero attached hydrogens (tertiary/aromatic N) is 2. The van der Waals surface area contributed by atoms with Crippen LogP contribution in [0.25, 0.3) is 0 Å². The molecule has 3 rings (SSSR count). The van der Waals surface area contributed by atoms with Crippen LogP contribution in [0, 0.1) is 5.82 Å². The van der Waals surface area contributed by atoms with Gasteiger partial charge in [0.1, 0.15) is 6.61 Å². The third-order valence-electron chi connectivity index (χ3n) is 2.91. The highest BCUT2D eigenvalue weighted by Crippen LogP contribution is 2.20. The van der Waals surface area contributed by atoms with Crippen molar-refractivity contribution in [3.63, 3.8) is 0 Å². The molecular weight excluding hydrogens is 331 g/mol. The Labute approximate surface area is 141 Å². The summed E-state index contributed by atoms with van der Waals surface area (Å²) in [5, 5.41) is 13.9. The predicted octanol–water partition coefficient (Wildman–Crippen LogP) is 3.90. The first-order valence-corrected chi connectivity index (χ1v) is 7.85. The molecule has 2 N–H and O–H groups in total. The maximum atomic E-state index is 13.5. The van der Waals surface area contributed by atoms with E-state index in [1.165, 1.54) is 12.1 Å². The average molecular weight is 344 g/mol. The van der Waals surface area contributed by atoms with E-state index in [4.69, 9.17) is 4.74 Å². The van der Waals surface area contributed by atoms with E-state index >= 15 is 0 Å². The third kappa shape index (κ3) is 4.26. The van der Waals surface area contributed by atoms with Crippen LogP contribution in [-0.2, 0) is 6.61 Å². The lowest BCUT2D eigenvalue weighted by Gasteiger charge is -2.04. The number of hydrogen-bond donors (Lipinski definition) is 2. The molecule has 3 aromatic rings. The van der Waals surface area contributed by atoms with Gasteiger partial charge in [-0.25, -0.2) is 9.18 Å². The van der Waals surface area contributed by atoms with Crippen molar-refractivity contribution >= 4 is 28.2 Å². The second-order valence-corrected chi connectivity index (χ2v) is 5.73. The Kier molecular flexibility index (Phi) is 4.97. The van der Waals surface area contributed by atoms with E-state index in [1.54, 1.807) is 24.3 Å². The van der Waals surface area contributed by atoms with Gasteiger partial charge in [-0.3, -0.25) is 5.32 Å². The normalized spacial score (nSPS) is 10.2. The average Bonchev–Trinajstić information content (AvgIpc) is 3.02. The minimum absolute atomic E-state index is 0.0700. The van der Waals surface area contributed by atoms with Crippen molar-refractivity contribution in [2.45, 2.75) is 6.61 Å². The first kappa shape index (κ1) is 15.9. The smallest absolute Gasteiger partial charge is 0.325 e. The molecule has 0 bridgehead atoms. The van der Waals surface area contributed by atoms with Crippen LogP contribution in [0.5, 0.6) is 5.75 Å². The fraction of sp³-hybridized carbons (Fsp3) is 0.0625. The molecule has 1 aromatic heterocycles. The summed E-state index contributed by atoms with van der Waals surface area (Å²) in [7, 11) is 0. The summed E-state index contributed by atoms with van der Waals surface area (Å²) < 4.78 is 18.8. The van der Waals surface area contributed by atoms with Gasteiger partial charge in [-0.2, -0.15) is 0 Å². The zero-order chi connectivity index (χ0) is 16.8. The number of halogens is 1. The van der Waals surface area contributed by atoms with Crippen LogP contribution in [0.1, 0.15) is 5.01 Å². The number of carbonyl (C=O) groups is 1.